The van der Waals surface area contributed by atoms with Gasteiger partial charge in [-0.05, 0) is 35.7 Å². The van der Waals surface area contributed by atoms with Crippen molar-refractivity contribution in [3.63, 3.8) is 0 Å². The van der Waals surface area contributed by atoms with Crippen molar-refractivity contribution in [3.05, 3.63) is 71.0 Å². The van der Waals surface area contributed by atoms with Crippen LogP contribution in [0.15, 0.2) is 53.5 Å². The largest absolute Gasteiger partial charge is 0.376 e. The fourth-order valence-electron chi connectivity index (χ4n) is 3.32. The zero-order valence-corrected chi connectivity index (χ0v) is 16.6. The van der Waals surface area contributed by atoms with Gasteiger partial charge in [-0.25, -0.2) is 4.39 Å². The Balaban J connectivity index is 1.49. The molecule has 5 nitrogen and oxygen atoms in total. The number of guanidine groups is 1. The molecule has 28 heavy (non-hydrogen) atoms. The van der Waals surface area contributed by atoms with Crippen molar-refractivity contribution in [2.24, 2.45) is 4.99 Å². The van der Waals surface area contributed by atoms with Gasteiger partial charge in [-0.1, -0.05) is 36.4 Å². The van der Waals surface area contributed by atoms with E-state index in [2.05, 4.69) is 51.7 Å². The first-order valence-electron chi connectivity index (χ1n) is 9.73. The average Bonchev–Trinajstić information content (AvgIpc) is 2.70. The van der Waals surface area contributed by atoms with Crippen LogP contribution in [-0.2, 0) is 24.4 Å². The van der Waals surface area contributed by atoms with Gasteiger partial charge in [-0.15, -0.1) is 0 Å². The van der Waals surface area contributed by atoms with Crippen molar-refractivity contribution in [3.8, 4) is 0 Å². The maximum absolute atomic E-state index is 13.0. The van der Waals surface area contributed by atoms with Gasteiger partial charge in [-0.2, -0.15) is 0 Å². The van der Waals surface area contributed by atoms with E-state index in [4.69, 9.17) is 4.74 Å². The smallest absolute Gasteiger partial charge is 0.191 e. The lowest BCUT2D eigenvalue weighted by molar-refractivity contribution is -0.0212. The first kappa shape index (κ1) is 20.3. The SMILES string of the molecule is CN=C(NCc1ccc(F)cc1)NCc1cccc(CN2CCOC(C)C2)c1. The number of hydrogen-bond acceptors (Lipinski definition) is 3. The molecule has 1 aliphatic rings. The van der Waals surface area contributed by atoms with E-state index in [0.717, 1.165) is 37.8 Å². The molecule has 1 heterocycles. The normalized spacial score (nSPS) is 18.1. The highest BCUT2D eigenvalue weighted by atomic mass is 19.1. The number of rotatable bonds is 6. The zero-order chi connectivity index (χ0) is 19.8. The Hall–Kier alpha value is -2.44. The van der Waals surface area contributed by atoms with Crippen LogP contribution in [0.3, 0.4) is 0 Å². The average molecular weight is 384 g/mol. The topological polar surface area (TPSA) is 48.9 Å². The predicted molar refractivity (Wildman–Crippen MR) is 111 cm³/mol. The molecule has 0 bridgehead atoms. The molecule has 2 aromatic rings. The van der Waals surface area contributed by atoms with Crippen LogP contribution in [-0.4, -0.2) is 43.7 Å². The van der Waals surface area contributed by atoms with Crippen molar-refractivity contribution >= 4 is 5.96 Å². The minimum Gasteiger partial charge on any atom is -0.376 e. The molecule has 1 atom stereocenters. The van der Waals surface area contributed by atoms with E-state index < -0.39 is 0 Å². The Bertz CT molecular complexity index is 778. The number of nitrogens with zero attached hydrogens (tertiary/aromatic N) is 2. The second kappa shape index (κ2) is 10.2. The van der Waals surface area contributed by atoms with Gasteiger partial charge < -0.3 is 15.4 Å². The Labute approximate surface area is 166 Å². The standard InChI is InChI=1S/C22H29FN4O/c1-17-15-27(10-11-28-17)16-20-5-3-4-19(12-20)14-26-22(24-2)25-13-18-6-8-21(23)9-7-18/h3-9,12,17H,10-11,13-16H2,1-2H3,(H2,24,25,26). The molecule has 0 radical (unpaired) electrons. The van der Waals surface area contributed by atoms with Gasteiger partial charge in [0.25, 0.3) is 0 Å². The highest BCUT2D eigenvalue weighted by Gasteiger charge is 2.16. The lowest BCUT2D eigenvalue weighted by atomic mass is 10.1. The summed E-state index contributed by atoms with van der Waals surface area (Å²) in [7, 11) is 1.75. The quantitative estimate of drug-likeness (QED) is 0.594. The van der Waals surface area contributed by atoms with Gasteiger partial charge in [0.05, 0.1) is 12.7 Å². The maximum atomic E-state index is 13.0. The molecule has 6 heteroatoms. The molecule has 0 aromatic heterocycles. The fourth-order valence-corrected chi connectivity index (χ4v) is 3.32. The molecule has 1 saturated heterocycles. The molecular weight excluding hydrogens is 355 g/mol. The molecule has 1 aliphatic heterocycles. The molecule has 0 amide bonds. The Kier molecular flexibility index (Phi) is 7.39. The van der Waals surface area contributed by atoms with Gasteiger partial charge in [-0.3, -0.25) is 9.89 Å². The number of halogens is 1. The molecule has 1 fully saturated rings. The van der Waals surface area contributed by atoms with Crippen molar-refractivity contribution in [1.29, 1.82) is 0 Å². The van der Waals surface area contributed by atoms with Crippen LogP contribution in [0.5, 0.6) is 0 Å². The molecule has 2 N–H and O–H groups in total. The number of hydrogen-bond donors (Lipinski definition) is 2. The van der Waals surface area contributed by atoms with Crippen LogP contribution < -0.4 is 10.6 Å². The fraction of sp³-hybridized carbons (Fsp3) is 0.409. The van der Waals surface area contributed by atoms with E-state index in [1.165, 1.54) is 23.3 Å². The summed E-state index contributed by atoms with van der Waals surface area (Å²) in [6.07, 6.45) is 0.300. The minimum atomic E-state index is -0.224. The van der Waals surface area contributed by atoms with Crippen LogP contribution >= 0.6 is 0 Å². The van der Waals surface area contributed by atoms with Crippen LogP contribution in [0.1, 0.15) is 23.6 Å². The van der Waals surface area contributed by atoms with E-state index in [9.17, 15) is 4.39 Å². The Morgan fingerprint density at radius 1 is 1.11 bits per heavy atom. The second-order valence-corrected chi connectivity index (χ2v) is 7.14. The minimum absolute atomic E-state index is 0.224. The molecule has 0 aliphatic carbocycles. The van der Waals surface area contributed by atoms with Gasteiger partial charge in [0.2, 0.25) is 0 Å². The summed E-state index contributed by atoms with van der Waals surface area (Å²) >= 11 is 0. The zero-order valence-electron chi connectivity index (χ0n) is 16.6. The summed E-state index contributed by atoms with van der Waals surface area (Å²) < 4.78 is 18.6. The van der Waals surface area contributed by atoms with Crippen LogP contribution in [0.25, 0.3) is 0 Å². The summed E-state index contributed by atoms with van der Waals surface area (Å²) in [4.78, 5) is 6.69. The van der Waals surface area contributed by atoms with Crippen LogP contribution in [0, 0.1) is 5.82 Å². The predicted octanol–water partition coefficient (Wildman–Crippen LogP) is 2.91. The third-order valence-electron chi connectivity index (χ3n) is 4.78. The summed E-state index contributed by atoms with van der Waals surface area (Å²) in [6, 6.07) is 15.1. The summed E-state index contributed by atoms with van der Waals surface area (Å²) in [5.41, 5.74) is 3.53. The summed E-state index contributed by atoms with van der Waals surface area (Å²) in [6.45, 7) is 7.11. The molecule has 1 unspecified atom stereocenters. The van der Waals surface area contributed by atoms with Crippen molar-refractivity contribution in [1.82, 2.24) is 15.5 Å². The molecule has 3 rings (SSSR count). The van der Waals surface area contributed by atoms with Crippen LogP contribution in [0.4, 0.5) is 4.39 Å². The lowest BCUT2D eigenvalue weighted by Crippen LogP contribution is -2.40. The van der Waals surface area contributed by atoms with E-state index >= 15 is 0 Å². The maximum Gasteiger partial charge on any atom is 0.191 e. The third kappa shape index (κ3) is 6.32. The van der Waals surface area contributed by atoms with Gasteiger partial charge in [0.1, 0.15) is 5.82 Å². The van der Waals surface area contributed by atoms with Crippen molar-refractivity contribution < 1.29 is 9.13 Å². The number of benzene rings is 2. The van der Waals surface area contributed by atoms with Gasteiger partial charge >= 0.3 is 0 Å². The Morgan fingerprint density at radius 3 is 2.54 bits per heavy atom. The number of aliphatic imine (C=N–C) groups is 1. The number of morpholine rings is 1. The van der Waals surface area contributed by atoms with E-state index in [1.807, 2.05) is 0 Å². The first-order valence-corrected chi connectivity index (χ1v) is 9.73. The van der Waals surface area contributed by atoms with E-state index in [1.54, 1.807) is 19.2 Å². The van der Waals surface area contributed by atoms with Gasteiger partial charge in [0.15, 0.2) is 5.96 Å². The van der Waals surface area contributed by atoms with E-state index in [-0.39, 0.29) is 5.82 Å². The summed E-state index contributed by atoms with van der Waals surface area (Å²) in [5.74, 6) is 0.495. The third-order valence-corrected chi connectivity index (χ3v) is 4.78. The number of ether oxygens (including phenoxy) is 1. The van der Waals surface area contributed by atoms with Crippen LogP contribution in [0.2, 0.25) is 0 Å². The van der Waals surface area contributed by atoms with Gasteiger partial charge in [0, 0.05) is 39.8 Å². The monoisotopic (exact) mass is 384 g/mol. The lowest BCUT2D eigenvalue weighted by Gasteiger charge is -2.31. The molecule has 150 valence electrons. The van der Waals surface area contributed by atoms with Crippen molar-refractivity contribution in [2.45, 2.75) is 32.7 Å². The van der Waals surface area contributed by atoms with E-state index in [0.29, 0.717) is 19.2 Å². The second-order valence-electron chi connectivity index (χ2n) is 7.14. The summed E-state index contributed by atoms with van der Waals surface area (Å²) in [5, 5.41) is 6.59. The molecule has 2 aromatic carbocycles. The molecule has 0 spiro atoms. The highest BCUT2D eigenvalue weighted by molar-refractivity contribution is 5.79. The number of nitrogens with one attached hydrogen (secondary N) is 2. The first-order chi connectivity index (χ1) is 13.6. The molecule has 0 saturated carbocycles. The Morgan fingerprint density at radius 2 is 1.82 bits per heavy atom. The molecular formula is C22H29FN4O. The van der Waals surface area contributed by atoms with Crippen molar-refractivity contribution in [2.75, 3.05) is 26.7 Å². The highest BCUT2D eigenvalue weighted by Crippen LogP contribution is 2.12.